The normalized spacial score (nSPS) is 11.3. The average Bonchev–Trinajstić information content (AvgIpc) is 2.90. The standard InChI is InChI=1S/C17H23N3O2S/c1-11-7-6-8-13(12(11)2)22-10-9-14-19-20-16(23-14)18-15(21)17(3,4)5/h6-8H,9-10H2,1-5H3,(H,18,20,21). The van der Waals surface area contributed by atoms with E-state index >= 15 is 0 Å². The van der Waals surface area contributed by atoms with Gasteiger partial charge in [0.05, 0.1) is 6.61 Å². The summed E-state index contributed by atoms with van der Waals surface area (Å²) in [6.45, 7) is 10.2. The molecule has 1 aromatic heterocycles. The predicted molar refractivity (Wildman–Crippen MR) is 93.1 cm³/mol. The van der Waals surface area contributed by atoms with E-state index in [-0.39, 0.29) is 5.91 Å². The highest BCUT2D eigenvalue weighted by Gasteiger charge is 2.22. The molecule has 0 aliphatic rings. The zero-order valence-electron chi connectivity index (χ0n) is 14.3. The maximum absolute atomic E-state index is 11.9. The molecule has 1 N–H and O–H groups in total. The van der Waals surface area contributed by atoms with Gasteiger partial charge >= 0.3 is 0 Å². The number of nitrogens with one attached hydrogen (secondary N) is 1. The summed E-state index contributed by atoms with van der Waals surface area (Å²) in [6.07, 6.45) is 0.663. The molecule has 5 nitrogen and oxygen atoms in total. The van der Waals surface area contributed by atoms with Gasteiger partial charge in [0.15, 0.2) is 0 Å². The van der Waals surface area contributed by atoms with Crippen molar-refractivity contribution in [2.75, 3.05) is 11.9 Å². The van der Waals surface area contributed by atoms with Crippen LogP contribution in [-0.4, -0.2) is 22.7 Å². The third-order valence-corrected chi connectivity index (χ3v) is 4.40. The number of rotatable bonds is 5. The third kappa shape index (κ3) is 4.76. The fourth-order valence-electron chi connectivity index (χ4n) is 1.82. The second-order valence-electron chi connectivity index (χ2n) is 6.50. The van der Waals surface area contributed by atoms with Crippen molar-refractivity contribution in [1.82, 2.24) is 10.2 Å². The van der Waals surface area contributed by atoms with Crippen molar-refractivity contribution < 1.29 is 9.53 Å². The van der Waals surface area contributed by atoms with Gasteiger partial charge in [-0.3, -0.25) is 4.79 Å². The maximum atomic E-state index is 11.9. The smallest absolute Gasteiger partial charge is 0.231 e. The number of aromatic nitrogens is 2. The first-order valence-electron chi connectivity index (χ1n) is 7.60. The first kappa shape index (κ1) is 17.4. The second-order valence-corrected chi connectivity index (χ2v) is 7.56. The largest absolute Gasteiger partial charge is 0.493 e. The Kier molecular flexibility index (Phi) is 5.36. The zero-order valence-corrected chi connectivity index (χ0v) is 15.1. The van der Waals surface area contributed by atoms with Crippen molar-refractivity contribution in [1.29, 1.82) is 0 Å². The average molecular weight is 333 g/mol. The van der Waals surface area contributed by atoms with Crippen LogP contribution < -0.4 is 10.1 Å². The van der Waals surface area contributed by atoms with Gasteiger partial charge in [0.25, 0.3) is 0 Å². The lowest BCUT2D eigenvalue weighted by atomic mass is 9.96. The van der Waals surface area contributed by atoms with Crippen molar-refractivity contribution in [3.63, 3.8) is 0 Å². The minimum atomic E-state index is -0.447. The van der Waals surface area contributed by atoms with Gasteiger partial charge in [-0.15, -0.1) is 10.2 Å². The number of nitrogens with zero attached hydrogens (tertiary/aromatic N) is 2. The van der Waals surface area contributed by atoms with E-state index in [2.05, 4.69) is 35.4 Å². The molecule has 23 heavy (non-hydrogen) atoms. The summed E-state index contributed by atoms with van der Waals surface area (Å²) < 4.78 is 5.82. The molecule has 2 rings (SSSR count). The summed E-state index contributed by atoms with van der Waals surface area (Å²) in [5.74, 6) is 0.836. The Morgan fingerprint density at radius 1 is 1.26 bits per heavy atom. The molecule has 124 valence electrons. The summed E-state index contributed by atoms with van der Waals surface area (Å²) >= 11 is 1.39. The summed E-state index contributed by atoms with van der Waals surface area (Å²) in [4.78, 5) is 11.9. The summed E-state index contributed by atoms with van der Waals surface area (Å²) in [5, 5.41) is 12.3. The van der Waals surface area contributed by atoms with Gasteiger partial charge < -0.3 is 10.1 Å². The number of aryl methyl sites for hydroxylation is 1. The number of carbonyl (C=O) groups is 1. The Morgan fingerprint density at radius 3 is 2.70 bits per heavy atom. The second kappa shape index (κ2) is 7.08. The molecule has 0 bridgehead atoms. The lowest BCUT2D eigenvalue weighted by Gasteiger charge is -2.15. The Balaban J connectivity index is 1.88. The summed E-state index contributed by atoms with van der Waals surface area (Å²) in [7, 11) is 0. The molecule has 0 aliphatic carbocycles. The van der Waals surface area contributed by atoms with Gasteiger partial charge in [-0.05, 0) is 31.0 Å². The van der Waals surface area contributed by atoms with Crippen LogP contribution in [-0.2, 0) is 11.2 Å². The van der Waals surface area contributed by atoms with E-state index in [1.807, 2.05) is 32.9 Å². The fraction of sp³-hybridized carbons (Fsp3) is 0.471. The van der Waals surface area contributed by atoms with Gasteiger partial charge in [-0.1, -0.05) is 44.2 Å². The molecule has 0 atom stereocenters. The Bertz CT molecular complexity index is 689. The molecule has 0 unspecified atom stereocenters. The Labute approximate surface area is 141 Å². The molecular formula is C17H23N3O2S. The molecule has 1 amide bonds. The highest BCUT2D eigenvalue weighted by atomic mass is 32.1. The Morgan fingerprint density at radius 2 is 2.00 bits per heavy atom. The topological polar surface area (TPSA) is 64.1 Å². The quantitative estimate of drug-likeness (QED) is 0.905. The monoisotopic (exact) mass is 333 g/mol. The van der Waals surface area contributed by atoms with Gasteiger partial charge in [0.2, 0.25) is 11.0 Å². The number of benzene rings is 1. The number of ether oxygens (including phenoxy) is 1. The number of amides is 1. The molecule has 0 fully saturated rings. The van der Waals surface area contributed by atoms with Crippen LogP contribution in [0.2, 0.25) is 0 Å². The molecule has 6 heteroatoms. The van der Waals surface area contributed by atoms with Crippen LogP contribution in [0.25, 0.3) is 0 Å². The SMILES string of the molecule is Cc1cccc(OCCc2nnc(NC(=O)C(C)(C)C)s2)c1C. The number of hydrogen-bond donors (Lipinski definition) is 1. The highest BCUT2D eigenvalue weighted by Crippen LogP contribution is 2.22. The molecule has 1 aromatic carbocycles. The van der Waals surface area contributed by atoms with Crippen LogP contribution in [0.4, 0.5) is 5.13 Å². The van der Waals surface area contributed by atoms with E-state index in [1.165, 1.54) is 16.9 Å². The van der Waals surface area contributed by atoms with Crippen molar-refractivity contribution in [3.8, 4) is 5.75 Å². The minimum absolute atomic E-state index is 0.0631. The first-order valence-corrected chi connectivity index (χ1v) is 8.42. The number of anilines is 1. The molecule has 0 saturated heterocycles. The van der Waals surface area contributed by atoms with Crippen molar-refractivity contribution in [2.24, 2.45) is 5.41 Å². The number of carbonyl (C=O) groups excluding carboxylic acids is 1. The first-order chi connectivity index (χ1) is 10.8. The summed E-state index contributed by atoms with van der Waals surface area (Å²) in [6, 6.07) is 6.03. The van der Waals surface area contributed by atoms with Crippen molar-refractivity contribution in [2.45, 2.75) is 41.0 Å². The van der Waals surface area contributed by atoms with E-state index in [1.54, 1.807) is 0 Å². The Hall–Kier alpha value is -1.95. The van der Waals surface area contributed by atoms with Gasteiger partial charge in [0.1, 0.15) is 10.8 Å². The van der Waals surface area contributed by atoms with Gasteiger partial charge in [-0.2, -0.15) is 0 Å². The predicted octanol–water partition coefficient (Wildman–Crippen LogP) is 3.76. The van der Waals surface area contributed by atoms with Gasteiger partial charge in [0, 0.05) is 11.8 Å². The van der Waals surface area contributed by atoms with Gasteiger partial charge in [-0.25, -0.2) is 0 Å². The molecule has 2 aromatic rings. The lowest BCUT2D eigenvalue weighted by Crippen LogP contribution is -2.27. The molecule has 0 spiro atoms. The van der Waals surface area contributed by atoms with Crippen molar-refractivity contribution in [3.05, 3.63) is 34.3 Å². The molecule has 1 heterocycles. The fourth-order valence-corrected chi connectivity index (χ4v) is 2.53. The molecule has 0 saturated carbocycles. The van der Waals surface area contributed by atoms with E-state index in [4.69, 9.17) is 4.74 Å². The van der Waals surface area contributed by atoms with Crippen LogP contribution >= 0.6 is 11.3 Å². The van der Waals surface area contributed by atoms with Crippen molar-refractivity contribution >= 4 is 22.4 Å². The highest BCUT2D eigenvalue weighted by molar-refractivity contribution is 7.15. The van der Waals surface area contributed by atoms with E-state index in [0.29, 0.717) is 18.2 Å². The maximum Gasteiger partial charge on any atom is 0.231 e. The minimum Gasteiger partial charge on any atom is -0.493 e. The van der Waals surface area contributed by atoms with E-state index < -0.39 is 5.41 Å². The third-order valence-electron chi connectivity index (χ3n) is 3.50. The van der Waals surface area contributed by atoms with Crippen LogP contribution in [0.5, 0.6) is 5.75 Å². The molecule has 0 radical (unpaired) electrons. The number of hydrogen-bond acceptors (Lipinski definition) is 5. The van der Waals surface area contributed by atoms with Crippen LogP contribution in [0, 0.1) is 19.3 Å². The van der Waals surface area contributed by atoms with Crippen LogP contribution in [0.1, 0.15) is 36.9 Å². The molecule has 0 aliphatic heterocycles. The van der Waals surface area contributed by atoms with E-state index in [0.717, 1.165) is 16.3 Å². The van der Waals surface area contributed by atoms with E-state index in [9.17, 15) is 4.79 Å². The van der Waals surface area contributed by atoms with Crippen LogP contribution in [0.3, 0.4) is 0 Å². The summed E-state index contributed by atoms with van der Waals surface area (Å²) in [5.41, 5.74) is 1.92. The zero-order chi connectivity index (χ0) is 17.0. The lowest BCUT2D eigenvalue weighted by molar-refractivity contribution is -0.123. The van der Waals surface area contributed by atoms with Crippen LogP contribution in [0.15, 0.2) is 18.2 Å². The molecular weight excluding hydrogens is 310 g/mol.